The Morgan fingerprint density at radius 1 is 0.967 bits per heavy atom. The fraction of sp³-hybridized carbons (Fsp3) is 0.500. The Hall–Kier alpha value is -1.51. The van der Waals surface area contributed by atoms with Crippen molar-refractivity contribution in [1.29, 1.82) is 0 Å². The Labute approximate surface area is 194 Å². The molecular weight excluding hydrogens is 413 g/mol. The number of carbonyl (C=O) groups excluding carboxylic acids is 1. The monoisotopic (exact) mass is 451 g/mol. The van der Waals surface area contributed by atoms with Crippen LogP contribution in [-0.2, 0) is 17.8 Å². The first-order chi connectivity index (χ1) is 14.3. The highest BCUT2D eigenvalue weighted by Crippen LogP contribution is 2.24. The summed E-state index contributed by atoms with van der Waals surface area (Å²) >= 11 is 11.4. The number of carbonyl (C=O) groups is 1. The van der Waals surface area contributed by atoms with Crippen molar-refractivity contribution < 1.29 is 4.79 Å². The molecule has 1 aliphatic rings. The number of hydrogen-bond donors (Lipinski definition) is 0. The van der Waals surface area contributed by atoms with Gasteiger partial charge < -0.3 is 4.90 Å². The van der Waals surface area contributed by atoms with Crippen molar-refractivity contribution in [3.05, 3.63) is 68.7 Å². The molecule has 1 aliphatic heterocycles. The molecule has 2 nitrogen and oxygen atoms in total. The van der Waals surface area contributed by atoms with Crippen LogP contribution in [0.25, 0.3) is 0 Å². The molecule has 0 saturated carbocycles. The van der Waals surface area contributed by atoms with Gasteiger partial charge >= 0.3 is 0 Å². The van der Waals surface area contributed by atoms with E-state index >= 15 is 0 Å². The Kier molecular flexibility index (Phi) is 14.5. The first-order valence-electron chi connectivity index (χ1n) is 11.1. The fourth-order valence-corrected chi connectivity index (χ4v) is 3.40. The standard InChI is InChI=1S/C15H21NO.C7H6Cl2.2C2H6/c1-11(2)15(17)16-8-4-5-13-9-12(3)6-7-14(13)10-16;1-5-3-2-4-6(8)7(5)9;2*1-2/h6-7,9,11H,4-5,8,10H2,1-3H3;2-4H,1H3;2*1-2H3. The molecule has 0 fully saturated rings. The first kappa shape index (κ1) is 28.5. The molecule has 0 atom stereocenters. The molecule has 0 N–H and O–H groups in total. The van der Waals surface area contributed by atoms with Gasteiger partial charge in [-0.2, -0.15) is 0 Å². The van der Waals surface area contributed by atoms with Gasteiger partial charge in [-0.05, 0) is 49.4 Å². The van der Waals surface area contributed by atoms with Crippen molar-refractivity contribution in [2.75, 3.05) is 6.54 Å². The van der Waals surface area contributed by atoms with Crippen molar-refractivity contribution in [3.63, 3.8) is 0 Å². The van der Waals surface area contributed by atoms with Crippen molar-refractivity contribution in [3.8, 4) is 0 Å². The van der Waals surface area contributed by atoms with Gasteiger partial charge in [0.05, 0.1) is 10.0 Å². The molecule has 2 aromatic carbocycles. The van der Waals surface area contributed by atoms with Crippen molar-refractivity contribution in [1.82, 2.24) is 4.90 Å². The predicted molar refractivity (Wildman–Crippen MR) is 134 cm³/mol. The zero-order valence-electron chi connectivity index (χ0n) is 20.0. The summed E-state index contributed by atoms with van der Waals surface area (Å²) < 4.78 is 0. The lowest BCUT2D eigenvalue weighted by Crippen LogP contribution is -2.33. The molecular formula is C26H39Cl2NO. The second-order valence-electron chi connectivity index (χ2n) is 7.16. The minimum Gasteiger partial charge on any atom is -0.338 e. The summed E-state index contributed by atoms with van der Waals surface area (Å²) in [4.78, 5) is 14.1. The Morgan fingerprint density at radius 2 is 1.60 bits per heavy atom. The third-order valence-corrected chi connectivity index (χ3v) is 5.46. The lowest BCUT2D eigenvalue weighted by atomic mass is 10.0. The SMILES string of the molecule is CC.CC.Cc1ccc2c(c1)CCCN(C(=O)C(C)C)C2.Cc1cccc(Cl)c1Cl. The smallest absolute Gasteiger partial charge is 0.225 e. The molecule has 0 aromatic heterocycles. The third-order valence-electron chi connectivity index (χ3n) is 4.55. The minimum absolute atomic E-state index is 0.0991. The van der Waals surface area contributed by atoms with E-state index < -0.39 is 0 Å². The molecule has 30 heavy (non-hydrogen) atoms. The van der Waals surface area contributed by atoms with Crippen LogP contribution in [0.5, 0.6) is 0 Å². The maximum Gasteiger partial charge on any atom is 0.225 e. The molecule has 0 aliphatic carbocycles. The lowest BCUT2D eigenvalue weighted by Gasteiger charge is -2.23. The molecule has 0 spiro atoms. The van der Waals surface area contributed by atoms with Crippen LogP contribution in [0.15, 0.2) is 36.4 Å². The van der Waals surface area contributed by atoms with Gasteiger partial charge in [0.15, 0.2) is 0 Å². The number of fused-ring (bicyclic) bond motifs is 1. The van der Waals surface area contributed by atoms with Crippen LogP contribution in [0.1, 0.15) is 70.2 Å². The van der Waals surface area contributed by atoms with Crippen LogP contribution in [0.3, 0.4) is 0 Å². The quantitative estimate of drug-likeness (QED) is 0.426. The van der Waals surface area contributed by atoms with Gasteiger partial charge in [0, 0.05) is 19.0 Å². The molecule has 168 valence electrons. The van der Waals surface area contributed by atoms with Crippen molar-refractivity contribution >= 4 is 29.1 Å². The summed E-state index contributed by atoms with van der Waals surface area (Å²) in [5.41, 5.74) is 5.07. The number of rotatable bonds is 1. The molecule has 0 radical (unpaired) electrons. The van der Waals surface area contributed by atoms with Crippen molar-refractivity contribution in [2.45, 2.75) is 74.8 Å². The molecule has 2 aromatic rings. The van der Waals surface area contributed by atoms with Gasteiger partial charge in [-0.3, -0.25) is 4.79 Å². The number of aryl methyl sites for hydroxylation is 3. The summed E-state index contributed by atoms with van der Waals surface area (Å²) in [6, 6.07) is 12.2. The van der Waals surface area contributed by atoms with Gasteiger partial charge in [-0.25, -0.2) is 0 Å². The number of nitrogens with zero attached hydrogens (tertiary/aromatic N) is 1. The number of halogens is 2. The van der Waals surface area contributed by atoms with E-state index in [0.29, 0.717) is 10.0 Å². The highest BCUT2D eigenvalue weighted by Gasteiger charge is 2.20. The first-order valence-corrected chi connectivity index (χ1v) is 11.8. The predicted octanol–water partition coefficient (Wildman–Crippen LogP) is 8.28. The van der Waals surface area contributed by atoms with E-state index in [1.165, 1.54) is 16.7 Å². The normalized spacial score (nSPS) is 12.2. The summed E-state index contributed by atoms with van der Waals surface area (Å²) in [5, 5.41) is 1.27. The van der Waals surface area contributed by atoms with E-state index in [9.17, 15) is 4.79 Å². The van der Waals surface area contributed by atoms with Crippen LogP contribution in [-0.4, -0.2) is 17.4 Å². The highest BCUT2D eigenvalue weighted by atomic mass is 35.5. The van der Waals surface area contributed by atoms with Crippen LogP contribution in [0.4, 0.5) is 0 Å². The molecule has 4 heteroatoms. The lowest BCUT2D eigenvalue weighted by molar-refractivity contribution is -0.135. The summed E-state index contributed by atoms with van der Waals surface area (Å²) in [6.07, 6.45) is 2.17. The molecule has 0 unspecified atom stereocenters. The van der Waals surface area contributed by atoms with E-state index in [-0.39, 0.29) is 11.8 Å². The summed E-state index contributed by atoms with van der Waals surface area (Å²) in [7, 11) is 0. The third kappa shape index (κ3) is 9.10. The maximum atomic E-state index is 12.1. The van der Waals surface area contributed by atoms with Gasteiger partial charge in [-0.1, -0.05) is 101 Å². The Morgan fingerprint density at radius 3 is 2.13 bits per heavy atom. The van der Waals surface area contributed by atoms with E-state index in [0.717, 1.165) is 31.5 Å². The van der Waals surface area contributed by atoms with Crippen LogP contribution >= 0.6 is 23.2 Å². The molecule has 1 amide bonds. The number of hydrogen-bond acceptors (Lipinski definition) is 1. The van der Waals surface area contributed by atoms with Crippen LogP contribution in [0.2, 0.25) is 10.0 Å². The fourth-order valence-electron chi connectivity index (χ4n) is 3.05. The zero-order chi connectivity index (χ0) is 23.3. The van der Waals surface area contributed by atoms with E-state index in [2.05, 4.69) is 25.1 Å². The largest absolute Gasteiger partial charge is 0.338 e. The maximum absolute atomic E-state index is 12.1. The van der Waals surface area contributed by atoms with E-state index in [1.54, 1.807) is 6.07 Å². The molecule has 0 saturated heterocycles. The summed E-state index contributed by atoms with van der Waals surface area (Å²) in [5.74, 6) is 0.375. The number of benzene rings is 2. The van der Waals surface area contributed by atoms with Gasteiger partial charge in [0.1, 0.15) is 0 Å². The van der Waals surface area contributed by atoms with E-state index in [4.69, 9.17) is 23.2 Å². The van der Waals surface area contributed by atoms with Gasteiger partial charge in [0.25, 0.3) is 0 Å². The molecule has 1 heterocycles. The topological polar surface area (TPSA) is 20.3 Å². The average Bonchev–Trinajstić information content (AvgIpc) is 2.96. The highest BCUT2D eigenvalue weighted by molar-refractivity contribution is 6.42. The Balaban J connectivity index is 0.000000547. The minimum atomic E-state index is 0.0991. The van der Waals surface area contributed by atoms with Crippen LogP contribution in [0, 0.1) is 19.8 Å². The zero-order valence-corrected chi connectivity index (χ0v) is 21.5. The molecule has 0 bridgehead atoms. The Bertz CT molecular complexity index is 751. The number of amides is 1. The second-order valence-corrected chi connectivity index (χ2v) is 7.95. The van der Waals surface area contributed by atoms with Gasteiger partial charge in [0.2, 0.25) is 5.91 Å². The van der Waals surface area contributed by atoms with Crippen LogP contribution < -0.4 is 0 Å². The van der Waals surface area contributed by atoms with E-state index in [1.807, 2.05) is 65.5 Å². The van der Waals surface area contributed by atoms with Gasteiger partial charge in [-0.15, -0.1) is 0 Å². The second kappa shape index (κ2) is 15.3. The van der Waals surface area contributed by atoms with Crippen molar-refractivity contribution in [2.24, 2.45) is 5.92 Å². The average molecular weight is 453 g/mol. The molecule has 3 rings (SSSR count). The summed E-state index contributed by atoms with van der Waals surface area (Å²) in [6.45, 7) is 17.7.